The summed E-state index contributed by atoms with van der Waals surface area (Å²) in [5.74, 6) is -0.106. The molecule has 4 heteroatoms. The Labute approximate surface area is 112 Å². The van der Waals surface area contributed by atoms with Crippen molar-refractivity contribution in [3.63, 3.8) is 0 Å². The van der Waals surface area contributed by atoms with E-state index in [1.54, 1.807) is 25.3 Å². The highest BCUT2D eigenvalue weighted by Crippen LogP contribution is 2.12. The summed E-state index contributed by atoms with van der Waals surface area (Å²) in [7, 11) is 1.59. The molecule has 0 saturated heterocycles. The molecule has 0 radical (unpaired) electrons. The fourth-order valence-electron chi connectivity index (χ4n) is 1.31. The van der Waals surface area contributed by atoms with Crippen molar-refractivity contribution in [1.82, 2.24) is 0 Å². The first-order chi connectivity index (χ1) is 9.15. The van der Waals surface area contributed by atoms with Crippen LogP contribution in [0.15, 0.2) is 43.0 Å². The van der Waals surface area contributed by atoms with E-state index >= 15 is 0 Å². The van der Waals surface area contributed by atoms with Gasteiger partial charge in [0.05, 0.1) is 7.11 Å². The second-order valence-corrected chi connectivity index (χ2v) is 3.72. The number of esters is 1. The second kappa shape index (κ2) is 7.87. The molecule has 0 aliphatic carbocycles. The zero-order chi connectivity index (χ0) is 14.1. The van der Waals surface area contributed by atoms with Gasteiger partial charge in [0.15, 0.2) is 5.78 Å². The smallest absolute Gasteiger partial charge is 0.313 e. The lowest BCUT2D eigenvalue weighted by Gasteiger charge is -1.99. The van der Waals surface area contributed by atoms with Crippen molar-refractivity contribution in [2.45, 2.75) is 6.42 Å². The maximum atomic E-state index is 11.5. The summed E-state index contributed by atoms with van der Waals surface area (Å²) in [6.45, 7) is 3.53. The van der Waals surface area contributed by atoms with Crippen LogP contribution in [-0.2, 0) is 14.3 Å². The lowest BCUT2D eigenvalue weighted by Crippen LogP contribution is -2.09. The van der Waals surface area contributed by atoms with Crippen LogP contribution in [0.2, 0.25) is 0 Å². The Morgan fingerprint density at radius 2 is 1.95 bits per heavy atom. The van der Waals surface area contributed by atoms with Crippen LogP contribution in [0.5, 0.6) is 5.75 Å². The van der Waals surface area contributed by atoms with Gasteiger partial charge >= 0.3 is 5.97 Å². The van der Waals surface area contributed by atoms with Crippen LogP contribution < -0.4 is 4.74 Å². The van der Waals surface area contributed by atoms with Gasteiger partial charge in [-0.05, 0) is 23.8 Å². The Hall–Kier alpha value is -2.36. The molecule has 0 saturated carbocycles. The number of hydrogen-bond acceptors (Lipinski definition) is 4. The number of carbonyl (C=O) groups is 2. The third-order valence-corrected chi connectivity index (χ3v) is 2.26. The predicted molar refractivity (Wildman–Crippen MR) is 72.8 cm³/mol. The monoisotopic (exact) mass is 260 g/mol. The van der Waals surface area contributed by atoms with E-state index in [2.05, 4.69) is 6.58 Å². The fraction of sp³-hybridized carbons (Fsp3) is 0.200. The van der Waals surface area contributed by atoms with Crippen LogP contribution in [0.3, 0.4) is 0 Å². The Balaban J connectivity index is 2.48. The average Bonchev–Trinajstić information content (AvgIpc) is 2.43. The zero-order valence-electron chi connectivity index (χ0n) is 10.8. The molecule has 0 N–H and O–H groups in total. The summed E-state index contributed by atoms with van der Waals surface area (Å²) in [6.07, 6.45) is 4.19. The first-order valence-electron chi connectivity index (χ1n) is 5.77. The van der Waals surface area contributed by atoms with Gasteiger partial charge in [-0.25, -0.2) is 0 Å². The van der Waals surface area contributed by atoms with E-state index in [1.165, 1.54) is 12.2 Å². The normalized spacial score (nSPS) is 10.2. The van der Waals surface area contributed by atoms with E-state index in [0.717, 1.165) is 11.3 Å². The largest absolute Gasteiger partial charge is 0.497 e. The van der Waals surface area contributed by atoms with Crippen LogP contribution in [-0.4, -0.2) is 25.5 Å². The lowest BCUT2D eigenvalue weighted by atomic mass is 10.1. The Bertz CT molecular complexity index is 471. The van der Waals surface area contributed by atoms with Crippen LogP contribution in [0.4, 0.5) is 0 Å². The first kappa shape index (κ1) is 14.7. The summed E-state index contributed by atoms with van der Waals surface area (Å²) >= 11 is 0. The predicted octanol–water partition coefficient (Wildman–Crippen LogP) is 2.40. The molecule has 0 bridgehead atoms. The standard InChI is InChI=1S/C15H16O4/c1-3-10-19-15(17)11-13(16)7-4-12-5-8-14(18-2)9-6-12/h3-9H,1,10-11H2,2H3/b7-4+. The highest BCUT2D eigenvalue weighted by atomic mass is 16.5. The van der Waals surface area contributed by atoms with Gasteiger partial charge in [-0.1, -0.05) is 30.9 Å². The third-order valence-electron chi connectivity index (χ3n) is 2.26. The second-order valence-electron chi connectivity index (χ2n) is 3.72. The molecular weight excluding hydrogens is 244 g/mol. The minimum absolute atomic E-state index is 0.119. The number of methoxy groups -OCH3 is 1. The van der Waals surface area contributed by atoms with Gasteiger partial charge in [0.2, 0.25) is 0 Å². The van der Waals surface area contributed by atoms with Gasteiger partial charge < -0.3 is 9.47 Å². The summed E-state index contributed by atoms with van der Waals surface area (Å²) in [5.41, 5.74) is 0.855. The summed E-state index contributed by atoms with van der Waals surface area (Å²) < 4.78 is 9.74. The topological polar surface area (TPSA) is 52.6 Å². The first-order valence-corrected chi connectivity index (χ1v) is 5.77. The maximum absolute atomic E-state index is 11.5. The molecule has 0 unspecified atom stereocenters. The highest BCUT2D eigenvalue weighted by molar-refractivity contribution is 6.03. The molecule has 100 valence electrons. The molecule has 0 aromatic heterocycles. The molecule has 0 aliphatic heterocycles. The van der Waals surface area contributed by atoms with Crippen molar-refractivity contribution in [3.8, 4) is 5.75 Å². The minimum atomic E-state index is -0.552. The number of hydrogen-bond donors (Lipinski definition) is 0. The van der Waals surface area contributed by atoms with E-state index < -0.39 is 5.97 Å². The van der Waals surface area contributed by atoms with Gasteiger partial charge in [-0.3, -0.25) is 9.59 Å². The van der Waals surface area contributed by atoms with Crippen molar-refractivity contribution >= 4 is 17.8 Å². The summed E-state index contributed by atoms with van der Waals surface area (Å²) in [6, 6.07) is 7.22. The maximum Gasteiger partial charge on any atom is 0.313 e. The zero-order valence-corrected chi connectivity index (χ0v) is 10.8. The van der Waals surface area contributed by atoms with Gasteiger partial charge in [-0.2, -0.15) is 0 Å². The molecule has 0 spiro atoms. The molecular formula is C15H16O4. The molecule has 1 rings (SSSR count). The van der Waals surface area contributed by atoms with Crippen LogP contribution in [0, 0.1) is 0 Å². The Morgan fingerprint density at radius 1 is 1.26 bits per heavy atom. The quantitative estimate of drug-likeness (QED) is 0.327. The highest BCUT2D eigenvalue weighted by Gasteiger charge is 2.06. The third kappa shape index (κ3) is 5.68. The van der Waals surface area contributed by atoms with Gasteiger partial charge in [0, 0.05) is 0 Å². The van der Waals surface area contributed by atoms with E-state index in [-0.39, 0.29) is 18.8 Å². The van der Waals surface area contributed by atoms with Crippen molar-refractivity contribution < 1.29 is 19.1 Å². The number of benzene rings is 1. The van der Waals surface area contributed by atoms with E-state index in [1.807, 2.05) is 12.1 Å². The van der Waals surface area contributed by atoms with Crippen molar-refractivity contribution in [3.05, 3.63) is 48.6 Å². The number of ether oxygens (including phenoxy) is 2. The summed E-state index contributed by atoms with van der Waals surface area (Å²) in [4.78, 5) is 22.6. The molecule has 19 heavy (non-hydrogen) atoms. The molecule has 1 aromatic rings. The van der Waals surface area contributed by atoms with E-state index in [4.69, 9.17) is 9.47 Å². The van der Waals surface area contributed by atoms with Crippen molar-refractivity contribution in [1.29, 1.82) is 0 Å². The van der Waals surface area contributed by atoms with Crippen LogP contribution in [0.1, 0.15) is 12.0 Å². The number of allylic oxidation sites excluding steroid dienone is 1. The van der Waals surface area contributed by atoms with Gasteiger partial charge in [-0.15, -0.1) is 0 Å². The lowest BCUT2D eigenvalue weighted by molar-refractivity contribution is -0.144. The molecule has 0 aliphatic rings. The van der Waals surface area contributed by atoms with Crippen LogP contribution in [0.25, 0.3) is 6.08 Å². The summed E-state index contributed by atoms with van der Waals surface area (Å²) in [5, 5.41) is 0. The molecule has 0 atom stereocenters. The van der Waals surface area contributed by atoms with E-state index in [9.17, 15) is 9.59 Å². The number of rotatable bonds is 7. The SMILES string of the molecule is C=CCOC(=O)CC(=O)/C=C/c1ccc(OC)cc1. The fourth-order valence-corrected chi connectivity index (χ4v) is 1.31. The molecule has 0 amide bonds. The van der Waals surface area contributed by atoms with Crippen molar-refractivity contribution in [2.24, 2.45) is 0 Å². The number of ketones is 1. The number of carbonyl (C=O) groups excluding carboxylic acids is 2. The van der Waals surface area contributed by atoms with E-state index in [0.29, 0.717) is 0 Å². The van der Waals surface area contributed by atoms with Gasteiger partial charge in [0.25, 0.3) is 0 Å². The minimum Gasteiger partial charge on any atom is -0.497 e. The Kier molecular flexibility index (Phi) is 6.09. The molecule has 0 heterocycles. The Morgan fingerprint density at radius 3 is 2.53 bits per heavy atom. The molecule has 1 aromatic carbocycles. The van der Waals surface area contributed by atoms with Crippen molar-refractivity contribution in [2.75, 3.05) is 13.7 Å². The molecule has 0 fully saturated rings. The van der Waals surface area contributed by atoms with Crippen LogP contribution >= 0.6 is 0 Å². The van der Waals surface area contributed by atoms with Gasteiger partial charge in [0.1, 0.15) is 18.8 Å². The molecule has 4 nitrogen and oxygen atoms in total. The average molecular weight is 260 g/mol.